The highest BCUT2D eigenvalue weighted by Crippen LogP contribution is 2.24. The average Bonchev–Trinajstić information content (AvgIpc) is 3.27. The minimum Gasteiger partial charge on any atom is -0.480 e. The maximum Gasteiger partial charge on any atom is 0.323 e. The van der Waals surface area contributed by atoms with Crippen molar-refractivity contribution < 1.29 is 14.7 Å². The summed E-state index contributed by atoms with van der Waals surface area (Å²) in [4.78, 5) is 38.0. The first-order valence-electron chi connectivity index (χ1n) is 9.87. The zero-order valence-corrected chi connectivity index (χ0v) is 17.1. The van der Waals surface area contributed by atoms with Crippen molar-refractivity contribution in [1.82, 2.24) is 24.4 Å². The Morgan fingerprint density at radius 3 is 2.72 bits per heavy atom. The lowest BCUT2D eigenvalue weighted by molar-refractivity contribution is -0.146. The smallest absolute Gasteiger partial charge is 0.323 e. The summed E-state index contributed by atoms with van der Waals surface area (Å²) in [6.07, 6.45) is 4.38. The fourth-order valence-electron chi connectivity index (χ4n) is 3.55. The van der Waals surface area contributed by atoms with Crippen LogP contribution < -0.4 is 0 Å². The molecule has 0 aliphatic rings. The van der Waals surface area contributed by atoms with Crippen molar-refractivity contribution in [3.8, 4) is 0 Å². The molecule has 0 saturated carbocycles. The van der Waals surface area contributed by atoms with Crippen LogP contribution in [0.3, 0.4) is 0 Å². The van der Waals surface area contributed by atoms with Crippen molar-refractivity contribution in [2.75, 3.05) is 6.54 Å². The normalized spacial score (nSPS) is 12.2. The second-order valence-corrected chi connectivity index (χ2v) is 7.25. The standard InChI is InChI=1S/C21H27N5O3/c1-4-5-10-19-24-17-8-6-7-9-18(17)26(19)14(2)21(29)25(13-20(27)28)12-16-11-22-15(3)23-16/h6-9,11,14H,4-5,10,12-13H2,1-3H3,(H,22,23)(H,27,28). The van der Waals surface area contributed by atoms with Crippen molar-refractivity contribution in [3.05, 3.63) is 47.8 Å². The maximum absolute atomic E-state index is 13.3. The molecular formula is C21H27N5O3. The second kappa shape index (κ2) is 8.89. The van der Waals surface area contributed by atoms with Gasteiger partial charge in [0.15, 0.2) is 0 Å². The van der Waals surface area contributed by atoms with Gasteiger partial charge in [0.2, 0.25) is 5.91 Å². The van der Waals surface area contributed by atoms with E-state index in [1.165, 1.54) is 4.90 Å². The third-order valence-electron chi connectivity index (χ3n) is 4.92. The van der Waals surface area contributed by atoms with Crippen LogP contribution in [0.1, 0.15) is 50.1 Å². The molecule has 0 bridgehead atoms. The van der Waals surface area contributed by atoms with E-state index in [2.05, 4.69) is 16.9 Å². The quantitative estimate of drug-likeness (QED) is 0.577. The zero-order chi connectivity index (χ0) is 21.0. The highest BCUT2D eigenvalue weighted by Gasteiger charge is 2.27. The average molecular weight is 397 g/mol. The van der Waals surface area contributed by atoms with E-state index in [4.69, 9.17) is 4.98 Å². The lowest BCUT2D eigenvalue weighted by atomic mass is 10.2. The Bertz CT molecular complexity index is 1010. The van der Waals surface area contributed by atoms with Crippen molar-refractivity contribution in [1.29, 1.82) is 0 Å². The summed E-state index contributed by atoms with van der Waals surface area (Å²) in [5.41, 5.74) is 2.42. The van der Waals surface area contributed by atoms with E-state index >= 15 is 0 Å². The number of amides is 1. The number of hydrogen-bond acceptors (Lipinski definition) is 4. The number of aromatic amines is 1. The molecule has 8 nitrogen and oxygen atoms in total. The molecule has 3 aromatic rings. The number of benzene rings is 1. The van der Waals surface area contributed by atoms with Gasteiger partial charge in [-0.3, -0.25) is 9.59 Å². The molecule has 1 amide bonds. The molecule has 1 atom stereocenters. The number of rotatable bonds is 9. The molecule has 154 valence electrons. The summed E-state index contributed by atoms with van der Waals surface area (Å²) >= 11 is 0. The molecule has 29 heavy (non-hydrogen) atoms. The van der Waals surface area contributed by atoms with Gasteiger partial charge >= 0.3 is 5.97 Å². The van der Waals surface area contributed by atoms with Crippen LogP contribution in [0.2, 0.25) is 0 Å². The third kappa shape index (κ3) is 4.64. The lowest BCUT2D eigenvalue weighted by Gasteiger charge is -2.25. The van der Waals surface area contributed by atoms with Crippen molar-refractivity contribution in [2.45, 2.75) is 52.6 Å². The largest absolute Gasteiger partial charge is 0.480 e. The van der Waals surface area contributed by atoms with Crippen molar-refractivity contribution in [2.24, 2.45) is 0 Å². The van der Waals surface area contributed by atoms with E-state index in [9.17, 15) is 14.7 Å². The first kappa shape index (κ1) is 20.6. The van der Waals surface area contributed by atoms with Crippen LogP contribution in [0.15, 0.2) is 30.5 Å². The molecule has 0 saturated heterocycles. The molecule has 0 aliphatic heterocycles. The number of para-hydroxylation sites is 2. The van der Waals surface area contributed by atoms with E-state index in [0.717, 1.165) is 41.9 Å². The van der Waals surface area contributed by atoms with Gasteiger partial charge in [0.1, 0.15) is 24.2 Å². The molecule has 2 aromatic heterocycles. The number of nitrogens with zero attached hydrogens (tertiary/aromatic N) is 4. The molecule has 1 unspecified atom stereocenters. The van der Waals surface area contributed by atoms with Gasteiger partial charge < -0.3 is 19.6 Å². The molecule has 0 radical (unpaired) electrons. The van der Waals surface area contributed by atoms with E-state index < -0.39 is 12.0 Å². The second-order valence-electron chi connectivity index (χ2n) is 7.25. The molecule has 2 N–H and O–H groups in total. The summed E-state index contributed by atoms with van der Waals surface area (Å²) in [5.74, 6) is 0.254. The van der Waals surface area contributed by atoms with Gasteiger partial charge in [-0.05, 0) is 32.4 Å². The Morgan fingerprint density at radius 2 is 2.07 bits per heavy atom. The van der Waals surface area contributed by atoms with E-state index in [-0.39, 0.29) is 19.0 Å². The van der Waals surface area contributed by atoms with Gasteiger partial charge in [-0.25, -0.2) is 9.97 Å². The number of aryl methyl sites for hydroxylation is 2. The fourth-order valence-corrected chi connectivity index (χ4v) is 3.55. The van der Waals surface area contributed by atoms with Gasteiger partial charge in [-0.2, -0.15) is 0 Å². The number of nitrogens with one attached hydrogen (secondary N) is 1. The SMILES string of the molecule is CCCCc1nc2ccccc2n1C(C)C(=O)N(CC(=O)O)Cc1cnc(C)[nH]1. The topological polar surface area (TPSA) is 104 Å². The van der Waals surface area contributed by atoms with E-state index in [0.29, 0.717) is 5.69 Å². The molecule has 8 heteroatoms. The monoisotopic (exact) mass is 397 g/mol. The fraction of sp³-hybridized carbons (Fsp3) is 0.429. The maximum atomic E-state index is 13.3. The van der Waals surface area contributed by atoms with Crippen LogP contribution in [-0.2, 0) is 22.6 Å². The summed E-state index contributed by atoms with van der Waals surface area (Å²) < 4.78 is 1.94. The number of aromatic nitrogens is 4. The Labute approximate surface area is 169 Å². The number of carbonyl (C=O) groups excluding carboxylic acids is 1. The molecule has 3 rings (SSSR count). The zero-order valence-electron chi connectivity index (χ0n) is 17.1. The van der Waals surface area contributed by atoms with Gasteiger partial charge in [-0.1, -0.05) is 25.5 Å². The number of carboxylic acid groups (broad SMARTS) is 1. The van der Waals surface area contributed by atoms with Crippen LogP contribution in [0, 0.1) is 6.92 Å². The Hall–Kier alpha value is -3.16. The van der Waals surface area contributed by atoms with Crippen molar-refractivity contribution in [3.63, 3.8) is 0 Å². The molecule has 0 spiro atoms. The molecule has 0 fully saturated rings. The molecule has 1 aromatic carbocycles. The van der Waals surface area contributed by atoms with Crippen LogP contribution in [-0.4, -0.2) is 47.9 Å². The number of carboxylic acids is 1. The van der Waals surface area contributed by atoms with E-state index in [1.807, 2.05) is 35.8 Å². The Morgan fingerprint density at radius 1 is 1.31 bits per heavy atom. The highest BCUT2D eigenvalue weighted by atomic mass is 16.4. The first-order valence-corrected chi connectivity index (χ1v) is 9.87. The van der Waals surface area contributed by atoms with Crippen LogP contribution in [0.4, 0.5) is 0 Å². The summed E-state index contributed by atoms with van der Waals surface area (Å²) in [5, 5.41) is 9.33. The van der Waals surface area contributed by atoms with Gasteiger partial charge in [-0.15, -0.1) is 0 Å². The van der Waals surface area contributed by atoms with Gasteiger partial charge in [0.05, 0.1) is 29.5 Å². The Kier molecular flexibility index (Phi) is 6.31. The minimum absolute atomic E-state index is 0.160. The van der Waals surface area contributed by atoms with Gasteiger partial charge in [0.25, 0.3) is 0 Å². The van der Waals surface area contributed by atoms with Crippen LogP contribution in [0.5, 0.6) is 0 Å². The number of hydrogen-bond donors (Lipinski definition) is 2. The summed E-state index contributed by atoms with van der Waals surface area (Å²) in [6, 6.07) is 7.15. The number of H-pyrrole nitrogens is 1. The summed E-state index contributed by atoms with van der Waals surface area (Å²) in [7, 11) is 0. The van der Waals surface area contributed by atoms with Gasteiger partial charge in [0, 0.05) is 6.42 Å². The minimum atomic E-state index is -1.05. The molecular weight excluding hydrogens is 370 g/mol. The lowest BCUT2D eigenvalue weighted by Crippen LogP contribution is -2.39. The molecule has 0 aliphatic carbocycles. The Balaban J connectivity index is 1.94. The number of fused-ring (bicyclic) bond motifs is 1. The predicted molar refractivity (Wildman–Crippen MR) is 109 cm³/mol. The van der Waals surface area contributed by atoms with E-state index in [1.54, 1.807) is 13.1 Å². The third-order valence-corrected chi connectivity index (χ3v) is 4.92. The molecule has 2 heterocycles. The number of imidazole rings is 2. The van der Waals surface area contributed by atoms with Crippen LogP contribution in [0.25, 0.3) is 11.0 Å². The predicted octanol–water partition coefficient (Wildman–Crippen LogP) is 3.08. The summed E-state index contributed by atoms with van der Waals surface area (Å²) in [6.45, 7) is 5.51. The first-order chi connectivity index (χ1) is 13.9. The number of aliphatic carboxylic acids is 1. The number of carbonyl (C=O) groups is 2. The van der Waals surface area contributed by atoms with Crippen LogP contribution >= 0.6 is 0 Å². The van der Waals surface area contributed by atoms with Crippen molar-refractivity contribution >= 4 is 22.9 Å². The number of unbranched alkanes of at least 4 members (excludes halogenated alkanes) is 1. The highest BCUT2D eigenvalue weighted by molar-refractivity contribution is 5.86.